The third-order valence-electron chi connectivity index (χ3n) is 8.89. The van der Waals surface area contributed by atoms with Crippen molar-refractivity contribution in [3.63, 3.8) is 0 Å². The molecule has 0 bridgehead atoms. The Labute approximate surface area is 237 Å². The highest BCUT2D eigenvalue weighted by Gasteiger charge is 2.34. The third kappa shape index (κ3) is 3.58. The van der Waals surface area contributed by atoms with Crippen molar-refractivity contribution in [2.45, 2.75) is 19.4 Å². The summed E-state index contributed by atoms with van der Waals surface area (Å²) in [5.74, 6) is 0. The summed E-state index contributed by atoms with van der Waals surface area (Å²) in [4.78, 5) is 0. The van der Waals surface area contributed by atoms with E-state index < -0.39 is 8.80 Å². The fourth-order valence-electron chi connectivity index (χ4n) is 7.14. The Kier molecular flexibility index (Phi) is 5.46. The highest BCUT2D eigenvalue weighted by atomic mass is 28.3. The zero-order valence-corrected chi connectivity index (χ0v) is 23.6. The molecule has 6 aromatic carbocycles. The van der Waals surface area contributed by atoms with E-state index in [0.717, 1.165) is 12.8 Å². The summed E-state index contributed by atoms with van der Waals surface area (Å²) in [6.07, 6.45) is 2.00. The lowest BCUT2D eigenvalue weighted by Gasteiger charge is -2.21. The summed E-state index contributed by atoms with van der Waals surface area (Å²) in [5, 5.41) is 8.51. The number of benzene rings is 6. The first-order valence-corrected chi connectivity index (χ1v) is 16.2. The van der Waals surface area contributed by atoms with Crippen LogP contribution in [0.15, 0.2) is 133 Å². The molecule has 0 heterocycles. The van der Waals surface area contributed by atoms with Gasteiger partial charge in [-0.3, -0.25) is 0 Å². The van der Waals surface area contributed by atoms with Crippen LogP contribution in [0.3, 0.4) is 0 Å². The Morgan fingerprint density at radius 3 is 1.27 bits per heavy atom. The molecule has 2 aliphatic rings. The minimum Gasteiger partial charge on any atom is -0.0628 e. The van der Waals surface area contributed by atoms with E-state index in [1.165, 1.54) is 66.1 Å². The van der Waals surface area contributed by atoms with Gasteiger partial charge in [0.05, 0.1) is 0 Å². The minimum atomic E-state index is -1.14. The summed E-state index contributed by atoms with van der Waals surface area (Å²) < 4.78 is 0. The molecule has 2 aliphatic carbocycles. The van der Waals surface area contributed by atoms with Gasteiger partial charge < -0.3 is 0 Å². The number of rotatable bonds is 4. The first-order chi connectivity index (χ1) is 19.8. The predicted octanol–water partition coefficient (Wildman–Crippen LogP) is 9.83. The first kappa shape index (κ1) is 23.4. The fraction of sp³-hybridized carbons (Fsp3) is 0.0769. The van der Waals surface area contributed by atoms with Crippen molar-refractivity contribution in [2.24, 2.45) is 0 Å². The number of hydrogen-bond donors (Lipinski definition) is 0. The van der Waals surface area contributed by atoms with Crippen LogP contribution in [-0.2, 0) is 12.8 Å². The average molecular weight is 526 g/mol. The Bertz CT molecular complexity index is 1870. The maximum Gasteiger partial charge on any atom is 0.120 e. The number of fused-ring (bicyclic) bond motifs is 4. The molecule has 0 atom stereocenters. The van der Waals surface area contributed by atoms with Gasteiger partial charge in [0.25, 0.3) is 0 Å². The van der Waals surface area contributed by atoms with Crippen LogP contribution in [0.2, 0.25) is 6.55 Å². The van der Waals surface area contributed by atoms with Gasteiger partial charge in [-0.05, 0) is 89.3 Å². The van der Waals surface area contributed by atoms with Crippen LogP contribution in [0.25, 0.3) is 43.1 Å². The highest BCUT2D eigenvalue weighted by molar-refractivity contribution is 6.96. The lowest BCUT2D eigenvalue weighted by atomic mass is 9.97. The zero-order chi connectivity index (χ0) is 26.6. The van der Waals surface area contributed by atoms with E-state index in [0.29, 0.717) is 0 Å². The summed E-state index contributed by atoms with van der Waals surface area (Å²) in [7, 11) is -1.14. The molecule has 6 aromatic rings. The summed E-state index contributed by atoms with van der Waals surface area (Å²) >= 11 is 0. The van der Waals surface area contributed by atoms with Gasteiger partial charge in [-0.15, -0.1) is 0 Å². The van der Waals surface area contributed by atoms with Crippen molar-refractivity contribution in [1.82, 2.24) is 0 Å². The molecular formula is C39H29Si. The molecule has 0 amide bonds. The molecule has 0 spiro atoms. The van der Waals surface area contributed by atoms with Crippen LogP contribution >= 0.6 is 0 Å². The van der Waals surface area contributed by atoms with E-state index in [-0.39, 0.29) is 0 Å². The van der Waals surface area contributed by atoms with Crippen molar-refractivity contribution in [3.8, 4) is 0 Å². The molecule has 1 radical (unpaired) electrons. The molecule has 0 aromatic heterocycles. The Morgan fingerprint density at radius 2 is 0.775 bits per heavy atom. The smallest absolute Gasteiger partial charge is 0.0628 e. The molecule has 0 N–H and O–H groups in total. The highest BCUT2D eigenvalue weighted by Crippen LogP contribution is 2.48. The van der Waals surface area contributed by atoms with Crippen LogP contribution in [0.4, 0.5) is 0 Å². The maximum absolute atomic E-state index is 2.55. The van der Waals surface area contributed by atoms with E-state index in [2.05, 4.69) is 140 Å². The lowest BCUT2D eigenvalue weighted by Crippen LogP contribution is -2.15. The van der Waals surface area contributed by atoms with E-state index in [1.807, 2.05) is 0 Å². The molecule has 0 saturated heterocycles. The van der Waals surface area contributed by atoms with Gasteiger partial charge in [-0.25, -0.2) is 0 Å². The molecule has 0 aliphatic heterocycles. The van der Waals surface area contributed by atoms with E-state index >= 15 is 0 Å². The van der Waals surface area contributed by atoms with Gasteiger partial charge in [-0.1, -0.05) is 140 Å². The lowest BCUT2D eigenvalue weighted by molar-refractivity contribution is 1.32. The molecule has 0 fully saturated rings. The van der Waals surface area contributed by atoms with E-state index in [9.17, 15) is 0 Å². The average Bonchev–Trinajstić information content (AvgIpc) is 3.59. The predicted molar refractivity (Wildman–Crippen MR) is 173 cm³/mol. The minimum absolute atomic E-state index is 1.00. The van der Waals surface area contributed by atoms with Crippen LogP contribution in [-0.4, -0.2) is 8.80 Å². The van der Waals surface area contributed by atoms with Crippen molar-refractivity contribution in [3.05, 3.63) is 167 Å². The second-order valence-electron chi connectivity index (χ2n) is 11.1. The van der Waals surface area contributed by atoms with Crippen molar-refractivity contribution < 1.29 is 0 Å². The topological polar surface area (TPSA) is 0 Å². The summed E-state index contributed by atoms with van der Waals surface area (Å²) in [6.45, 7) is 2.55. The maximum atomic E-state index is 2.55. The first-order valence-electron chi connectivity index (χ1n) is 14.2. The van der Waals surface area contributed by atoms with Crippen LogP contribution < -0.4 is 0 Å². The largest absolute Gasteiger partial charge is 0.120 e. The van der Waals surface area contributed by atoms with Crippen molar-refractivity contribution in [2.75, 3.05) is 0 Å². The normalized spacial score (nSPS) is 14.4. The quantitative estimate of drug-likeness (QED) is 0.201. The molecule has 0 unspecified atom stereocenters. The van der Waals surface area contributed by atoms with Crippen LogP contribution in [0, 0.1) is 0 Å². The van der Waals surface area contributed by atoms with Gasteiger partial charge in [0, 0.05) is 0 Å². The second kappa shape index (κ2) is 9.33. The summed E-state index contributed by atoms with van der Waals surface area (Å²) in [5.41, 5.74) is 11.7. The number of allylic oxidation sites excluding steroid dienone is 2. The van der Waals surface area contributed by atoms with Gasteiger partial charge in [0.15, 0.2) is 0 Å². The molecular weight excluding hydrogens is 497 g/mol. The fourth-order valence-corrected chi connectivity index (χ4v) is 10.0. The molecule has 0 saturated carbocycles. The molecule has 1 heteroatoms. The van der Waals surface area contributed by atoms with Crippen molar-refractivity contribution in [1.29, 1.82) is 0 Å². The zero-order valence-electron chi connectivity index (χ0n) is 22.6. The monoisotopic (exact) mass is 525 g/mol. The standard InChI is InChI=1S/C39H29Si/c1-40(38-32-20-8-4-14-28(32)24-36(38)34-22-10-16-26-12-2-6-18-30(26)34)39-33-21-9-5-15-29(33)25-37(39)35-23-11-17-27-13-3-7-19-31(27)35/h2-23H,24-25H2,1H3. The Morgan fingerprint density at radius 1 is 0.400 bits per heavy atom. The van der Waals surface area contributed by atoms with Gasteiger partial charge in [-0.2, -0.15) is 0 Å². The van der Waals surface area contributed by atoms with E-state index in [1.54, 1.807) is 10.4 Å². The molecule has 8 rings (SSSR count). The number of hydrogen-bond acceptors (Lipinski definition) is 0. The third-order valence-corrected chi connectivity index (χ3v) is 11.5. The van der Waals surface area contributed by atoms with Gasteiger partial charge in [0.1, 0.15) is 8.80 Å². The van der Waals surface area contributed by atoms with Crippen molar-refractivity contribution >= 4 is 51.9 Å². The van der Waals surface area contributed by atoms with Gasteiger partial charge >= 0.3 is 0 Å². The Hall–Kier alpha value is -4.46. The molecule has 40 heavy (non-hydrogen) atoms. The second-order valence-corrected chi connectivity index (χ2v) is 13.3. The SMILES string of the molecule is C[Si](C1=C(c2cccc3ccccc23)Cc2ccccc21)C1=C(c2cccc3ccccc23)Cc2ccccc21. The van der Waals surface area contributed by atoms with E-state index in [4.69, 9.17) is 0 Å². The van der Waals surface area contributed by atoms with Crippen LogP contribution in [0.1, 0.15) is 33.4 Å². The Balaban J connectivity index is 1.41. The molecule has 189 valence electrons. The summed E-state index contributed by atoms with van der Waals surface area (Å²) in [6, 6.07) is 49.7. The molecule has 0 nitrogen and oxygen atoms in total. The van der Waals surface area contributed by atoms with Crippen LogP contribution in [0.5, 0.6) is 0 Å². The van der Waals surface area contributed by atoms with Gasteiger partial charge in [0.2, 0.25) is 0 Å².